The molecule has 1 rings (SSSR count). The first kappa shape index (κ1) is 17.9. The summed E-state index contributed by atoms with van der Waals surface area (Å²) in [7, 11) is 0. The van der Waals surface area contributed by atoms with Gasteiger partial charge in [-0.3, -0.25) is 4.79 Å². The Labute approximate surface area is 121 Å². The standard InChI is InChI=1S/C15H23NO2.ClH/c1-3-12(4-2)11-18-15(17)14(16)10-13-8-6-5-7-9-13;/h5-9,12,14H,3-4,10-11,16H2,1-2H3;1H/t14-;/m0./s1. The molecule has 0 unspecified atom stereocenters. The van der Waals surface area contributed by atoms with Gasteiger partial charge < -0.3 is 10.5 Å². The lowest BCUT2D eigenvalue weighted by Crippen LogP contribution is -2.35. The van der Waals surface area contributed by atoms with E-state index in [1.54, 1.807) is 0 Å². The van der Waals surface area contributed by atoms with Gasteiger partial charge in [0, 0.05) is 0 Å². The van der Waals surface area contributed by atoms with Crippen molar-refractivity contribution in [1.29, 1.82) is 0 Å². The lowest BCUT2D eigenvalue weighted by Gasteiger charge is -2.15. The van der Waals surface area contributed by atoms with Crippen molar-refractivity contribution < 1.29 is 9.53 Å². The Morgan fingerprint density at radius 3 is 2.32 bits per heavy atom. The van der Waals surface area contributed by atoms with Crippen LogP contribution in [0, 0.1) is 5.92 Å². The summed E-state index contributed by atoms with van der Waals surface area (Å²) in [5.41, 5.74) is 6.90. The molecule has 0 fully saturated rings. The van der Waals surface area contributed by atoms with Gasteiger partial charge in [-0.2, -0.15) is 0 Å². The highest BCUT2D eigenvalue weighted by molar-refractivity contribution is 5.85. The Morgan fingerprint density at radius 2 is 1.79 bits per heavy atom. The first-order valence-corrected chi connectivity index (χ1v) is 6.63. The largest absolute Gasteiger partial charge is 0.464 e. The number of ether oxygens (including phenoxy) is 1. The quantitative estimate of drug-likeness (QED) is 0.784. The van der Waals surface area contributed by atoms with Crippen LogP contribution in [0.2, 0.25) is 0 Å². The summed E-state index contributed by atoms with van der Waals surface area (Å²) in [5.74, 6) is 0.142. The first-order chi connectivity index (χ1) is 8.67. The maximum Gasteiger partial charge on any atom is 0.323 e. The van der Waals surface area contributed by atoms with Crippen molar-refractivity contribution in [3.8, 4) is 0 Å². The van der Waals surface area contributed by atoms with E-state index in [1.807, 2.05) is 30.3 Å². The molecule has 108 valence electrons. The zero-order chi connectivity index (χ0) is 13.4. The number of halogens is 1. The molecule has 1 aromatic carbocycles. The van der Waals surface area contributed by atoms with E-state index in [-0.39, 0.29) is 18.4 Å². The van der Waals surface area contributed by atoms with E-state index in [0.717, 1.165) is 18.4 Å². The van der Waals surface area contributed by atoms with Crippen molar-refractivity contribution in [2.24, 2.45) is 11.7 Å². The van der Waals surface area contributed by atoms with Crippen LogP contribution in [0.5, 0.6) is 0 Å². The minimum Gasteiger partial charge on any atom is -0.464 e. The second-order valence-electron chi connectivity index (χ2n) is 4.61. The van der Waals surface area contributed by atoms with Crippen LogP contribution >= 0.6 is 12.4 Å². The number of nitrogens with two attached hydrogens (primary N) is 1. The van der Waals surface area contributed by atoms with Gasteiger partial charge in [0.2, 0.25) is 0 Å². The second-order valence-corrected chi connectivity index (χ2v) is 4.61. The second kappa shape index (κ2) is 9.82. The molecular weight excluding hydrogens is 262 g/mol. The average molecular weight is 286 g/mol. The minimum atomic E-state index is -0.568. The van der Waals surface area contributed by atoms with Crippen molar-refractivity contribution in [3.05, 3.63) is 35.9 Å². The van der Waals surface area contributed by atoms with Crippen molar-refractivity contribution >= 4 is 18.4 Å². The summed E-state index contributed by atoms with van der Waals surface area (Å²) in [4.78, 5) is 11.7. The van der Waals surface area contributed by atoms with Gasteiger partial charge in [-0.25, -0.2) is 0 Å². The SMILES string of the molecule is CCC(CC)COC(=O)[C@@H](N)Cc1ccccc1.Cl. The van der Waals surface area contributed by atoms with E-state index >= 15 is 0 Å². The molecule has 0 saturated carbocycles. The highest BCUT2D eigenvalue weighted by Crippen LogP contribution is 2.09. The third kappa shape index (κ3) is 6.60. The number of esters is 1. The molecule has 3 nitrogen and oxygen atoms in total. The number of hydrogen-bond donors (Lipinski definition) is 1. The Kier molecular flexibility index (Phi) is 9.27. The highest BCUT2D eigenvalue weighted by Gasteiger charge is 2.16. The van der Waals surface area contributed by atoms with Gasteiger partial charge >= 0.3 is 5.97 Å². The molecule has 19 heavy (non-hydrogen) atoms. The Balaban J connectivity index is 0.00000324. The number of benzene rings is 1. The molecule has 0 spiro atoms. The van der Waals surface area contributed by atoms with E-state index in [2.05, 4.69) is 13.8 Å². The van der Waals surface area contributed by atoms with E-state index in [1.165, 1.54) is 0 Å². The van der Waals surface area contributed by atoms with E-state index < -0.39 is 6.04 Å². The van der Waals surface area contributed by atoms with Gasteiger partial charge in [-0.05, 0) is 17.9 Å². The molecular formula is C15H24ClNO2. The fourth-order valence-corrected chi connectivity index (χ4v) is 1.78. The summed E-state index contributed by atoms with van der Waals surface area (Å²) in [6.45, 7) is 4.69. The van der Waals surface area contributed by atoms with Crippen molar-refractivity contribution in [3.63, 3.8) is 0 Å². The first-order valence-electron chi connectivity index (χ1n) is 6.63. The third-order valence-corrected chi connectivity index (χ3v) is 3.22. The molecule has 1 aromatic rings. The summed E-state index contributed by atoms with van der Waals surface area (Å²) in [6, 6.07) is 9.19. The maximum absolute atomic E-state index is 11.7. The Hall–Kier alpha value is -1.06. The fourth-order valence-electron chi connectivity index (χ4n) is 1.78. The van der Waals surface area contributed by atoms with Gasteiger partial charge in [-0.15, -0.1) is 12.4 Å². The van der Waals surface area contributed by atoms with Crippen LogP contribution in [0.15, 0.2) is 30.3 Å². The van der Waals surface area contributed by atoms with Crippen LogP contribution < -0.4 is 5.73 Å². The maximum atomic E-state index is 11.7. The molecule has 4 heteroatoms. The van der Waals surface area contributed by atoms with Crippen LogP contribution in [0.3, 0.4) is 0 Å². The van der Waals surface area contributed by atoms with E-state index in [4.69, 9.17) is 10.5 Å². The molecule has 0 aliphatic heterocycles. The monoisotopic (exact) mass is 285 g/mol. The molecule has 2 N–H and O–H groups in total. The zero-order valence-electron chi connectivity index (χ0n) is 11.7. The Bertz CT molecular complexity index is 352. The van der Waals surface area contributed by atoms with Crippen LogP contribution in [0.25, 0.3) is 0 Å². The van der Waals surface area contributed by atoms with Crippen molar-refractivity contribution in [2.75, 3.05) is 6.61 Å². The van der Waals surface area contributed by atoms with Gasteiger partial charge in [0.25, 0.3) is 0 Å². The molecule has 0 aliphatic carbocycles. The topological polar surface area (TPSA) is 52.3 Å². The van der Waals surface area contributed by atoms with Gasteiger partial charge in [0.1, 0.15) is 6.04 Å². The minimum absolute atomic E-state index is 0. The van der Waals surface area contributed by atoms with Gasteiger partial charge in [-0.1, -0.05) is 57.0 Å². The Morgan fingerprint density at radius 1 is 1.21 bits per heavy atom. The molecule has 0 bridgehead atoms. The van der Waals surface area contributed by atoms with Crippen molar-refractivity contribution in [1.82, 2.24) is 0 Å². The number of rotatable bonds is 7. The fraction of sp³-hybridized carbons (Fsp3) is 0.533. The lowest BCUT2D eigenvalue weighted by atomic mass is 10.0. The van der Waals surface area contributed by atoms with Crippen molar-refractivity contribution in [2.45, 2.75) is 39.2 Å². The van der Waals surface area contributed by atoms with Gasteiger partial charge in [0.15, 0.2) is 0 Å². The highest BCUT2D eigenvalue weighted by atomic mass is 35.5. The predicted octanol–water partition coefficient (Wildman–Crippen LogP) is 2.96. The number of hydrogen-bond acceptors (Lipinski definition) is 3. The van der Waals surface area contributed by atoms with Crippen LogP contribution in [-0.4, -0.2) is 18.6 Å². The van der Waals surface area contributed by atoms with Crippen LogP contribution in [-0.2, 0) is 16.0 Å². The normalized spacial score (nSPS) is 11.8. The zero-order valence-corrected chi connectivity index (χ0v) is 12.5. The molecule has 0 radical (unpaired) electrons. The van der Waals surface area contributed by atoms with E-state index in [0.29, 0.717) is 18.9 Å². The molecule has 1 atom stereocenters. The van der Waals surface area contributed by atoms with Crippen LogP contribution in [0.4, 0.5) is 0 Å². The molecule has 0 heterocycles. The number of carbonyl (C=O) groups is 1. The summed E-state index contributed by atoms with van der Waals surface area (Å²) < 4.78 is 5.26. The van der Waals surface area contributed by atoms with E-state index in [9.17, 15) is 4.79 Å². The number of carbonyl (C=O) groups excluding carboxylic acids is 1. The summed E-state index contributed by atoms with van der Waals surface area (Å²) in [5, 5.41) is 0. The molecule has 0 amide bonds. The van der Waals surface area contributed by atoms with Crippen LogP contribution in [0.1, 0.15) is 32.3 Å². The lowest BCUT2D eigenvalue weighted by molar-refractivity contribution is -0.146. The smallest absolute Gasteiger partial charge is 0.323 e. The molecule has 0 aliphatic rings. The molecule has 0 aromatic heterocycles. The molecule has 0 saturated heterocycles. The summed E-state index contributed by atoms with van der Waals surface area (Å²) >= 11 is 0. The summed E-state index contributed by atoms with van der Waals surface area (Å²) in [6.07, 6.45) is 2.58. The third-order valence-electron chi connectivity index (χ3n) is 3.22. The average Bonchev–Trinajstić information content (AvgIpc) is 2.40. The van der Waals surface area contributed by atoms with Gasteiger partial charge in [0.05, 0.1) is 6.61 Å². The predicted molar refractivity (Wildman–Crippen MR) is 80.4 cm³/mol.